The van der Waals surface area contributed by atoms with E-state index in [9.17, 15) is 0 Å². The summed E-state index contributed by atoms with van der Waals surface area (Å²) in [6.45, 7) is 3.59. The fourth-order valence-electron chi connectivity index (χ4n) is 5.16. The van der Waals surface area contributed by atoms with E-state index in [1.807, 2.05) is 60.7 Å². The maximum atomic E-state index is 7.68. The van der Waals surface area contributed by atoms with Crippen molar-refractivity contribution in [2.24, 2.45) is 0 Å². The number of hydrogen-bond acceptors (Lipinski definition) is 4. The van der Waals surface area contributed by atoms with Gasteiger partial charge in [0.05, 0.1) is 11.4 Å². The van der Waals surface area contributed by atoms with Crippen LogP contribution in [0.1, 0.15) is 46.0 Å². The molecule has 1 aliphatic rings. The van der Waals surface area contributed by atoms with Crippen molar-refractivity contribution in [1.29, 1.82) is 0 Å². The quantitative estimate of drug-likeness (QED) is 0.205. The molecule has 4 nitrogen and oxygen atoms in total. The van der Waals surface area contributed by atoms with E-state index in [-0.39, 0.29) is 0 Å². The molecule has 0 amide bonds. The number of benzene rings is 2. The highest BCUT2D eigenvalue weighted by atomic mass is 35.5. The van der Waals surface area contributed by atoms with E-state index in [0.29, 0.717) is 33.3 Å². The van der Waals surface area contributed by atoms with E-state index in [0.717, 1.165) is 11.1 Å². The van der Waals surface area contributed by atoms with Crippen LogP contribution in [-0.2, 0) is 9.75 Å². The van der Waals surface area contributed by atoms with Crippen LogP contribution in [0.3, 0.4) is 0 Å². The molecule has 0 saturated heterocycles. The summed E-state index contributed by atoms with van der Waals surface area (Å²) in [5.41, 5.74) is 3.14. The molecule has 2 aromatic carbocycles. The molecule has 8 heteroatoms. The zero-order valence-electron chi connectivity index (χ0n) is 18.4. The molecule has 34 heavy (non-hydrogen) atoms. The molecular weight excluding hydrogens is 510 g/mol. The van der Waals surface area contributed by atoms with Gasteiger partial charge in [-0.25, -0.2) is 19.9 Å². The average molecular weight is 530 g/mol. The van der Waals surface area contributed by atoms with E-state index in [1.165, 1.54) is 0 Å². The van der Waals surface area contributed by atoms with Gasteiger partial charge < -0.3 is 0 Å². The molecule has 0 spiro atoms. The van der Waals surface area contributed by atoms with Gasteiger partial charge in [-0.1, -0.05) is 83.9 Å². The highest BCUT2D eigenvalue weighted by Crippen LogP contribution is 2.76. The molecule has 2 heterocycles. The van der Waals surface area contributed by atoms with Crippen LogP contribution < -0.4 is 0 Å². The Morgan fingerprint density at radius 3 is 1.26 bits per heavy atom. The Labute approximate surface area is 218 Å². The van der Waals surface area contributed by atoms with Crippen molar-refractivity contribution in [3.63, 3.8) is 0 Å². The molecule has 0 unspecified atom stereocenters. The first kappa shape index (κ1) is 23.5. The number of nitrogens with zero attached hydrogens (tertiary/aromatic N) is 4. The SMILES string of the molecule is Cc1nc(Cl)cc(C2(Cl)C(c3ccccc3)C(Cl)(c3cc(Cl)nc(C)n3)C2c2ccccc2)n1. The first-order valence-electron chi connectivity index (χ1n) is 10.8. The summed E-state index contributed by atoms with van der Waals surface area (Å²) in [7, 11) is 0. The van der Waals surface area contributed by atoms with Gasteiger partial charge in [0.25, 0.3) is 0 Å². The summed E-state index contributed by atoms with van der Waals surface area (Å²) in [6.07, 6.45) is 0. The molecule has 2 aromatic heterocycles. The first-order valence-corrected chi connectivity index (χ1v) is 12.3. The normalized spacial score (nSPS) is 26.2. The lowest BCUT2D eigenvalue weighted by Gasteiger charge is -2.63. The predicted molar refractivity (Wildman–Crippen MR) is 137 cm³/mol. The van der Waals surface area contributed by atoms with Gasteiger partial charge in [0, 0.05) is 11.8 Å². The lowest BCUT2D eigenvalue weighted by Crippen LogP contribution is -2.62. The summed E-state index contributed by atoms with van der Waals surface area (Å²) < 4.78 is 0. The zero-order chi connectivity index (χ0) is 24.1. The monoisotopic (exact) mass is 528 g/mol. The van der Waals surface area contributed by atoms with Gasteiger partial charge in [0.15, 0.2) is 0 Å². The Morgan fingerprint density at radius 1 is 0.588 bits per heavy atom. The van der Waals surface area contributed by atoms with Crippen molar-refractivity contribution >= 4 is 46.4 Å². The van der Waals surface area contributed by atoms with Gasteiger partial charge in [-0.3, -0.25) is 0 Å². The minimum atomic E-state index is -1.03. The number of halogens is 4. The largest absolute Gasteiger partial charge is 0.236 e. The summed E-state index contributed by atoms with van der Waals surface area (Å²) in [5.74, 6) is 0.249. The van der Waals surface area contributed by atoms with Crippen molar-refractivity contribution in [1.82, 2.24) is 19.9 Å². The van der Waals surface area contributed by atoms with Gasteiger partial charge in [0.1, 0.15) is 31.7 Å². The molecule has 0 radical (unpaired) electrons. The van der Waals surface area contributed by atoms with E-state index < -0.39 is 21.6 Å². The standard InChI is InChI=1S/C26H20Cl4N4/c1-15-31-19(13-21(27)33-15)25(29)23(17-9-5-3-6-10-17)26(30,20-14-22(28)34-16(2)32-20)24(25)18-11-7-4-8-12-18/h3-14,23-24H,1-2H3. The van der Waals surface area contributed by atoms with Crippen LogP contribution in [0.2, 0.25) is 10.3 Å². The summed E-state index contributed by atoms with van der Waals surface area (Å²) in [6, 6.07) is 23.3. The van der Waals surface area contributed by atoms with Crippen molar-refractivity contribution in [3.05, 3.63) is 117 Å². The Morgan fingerprint density at radius 2 is 0.941 bits per heavy atom. The van der Waals surface area contributed by atoms with Gasteiger partial charge in [0.2, 0.25) is 0 Å². The van der Waals surface area contributed by atoms with Gasteiger partial charge >= 0.3 is 0 Å². The van der Waals surface area contributed by atoms with Crippen molar-refractivity contribution in [2.45, 2.75) is 35.4 Å². The summed E-state index contributed by atoms with van der Waals surface area (Å²) >= 11 is 28.1. The average Bonchev–Trinajstić information content (AvgIpc) is 2.79. The van der Waals surface area contributed by atoms with Crippen LogP contribution >= 0.6 is 46.4 Å². The third-order valence-electron chi connectivity index (χ3n) is 6.34. The van der Waals surface area contributed by atoms with Gasteiger partial charge in [-0.15, -0.1) is 23.2 Å². The first-order chi connectivity index (χ1) is 16.2. The highest BCUT2D eigenvalue weighted by molar-refractivity contribution is 6.34. The van der Waals surface area contributed by atoms with Crippen LogP contribution in [0, 0.1) is 13.8 Å². The maximum absolute atomic E-state index is 7.68. The second kappa shape index (κ2) is 8.76. The number of aryl methyl sites for hydroxylation is 2. The van der Waals surface area contributed by atoms with Crippen LogP contribution in [0.5, 0.6) is 0 Å². The molecule has 0 N–H and O–H groups in total. The smallest absolute Gasteiger partial charge is 0.133 e. The number of aromatic nitrogens is 4. The third-order valence-corrected chi connectivity index (χ3v) is 7.99. The molecular formula is C26H20Cl4N4. The van der Waals surface area contributed by atoms with E-state index in [2.05, 4.69) is 9.97 Å². The molecule has 1 saturated carbocycles. The summed E-state index contributed by atoms with van der Waals surface area (Å²) in [5, 5.41) is 0.656. The maximum Gasteiger partial charge on any atom is 0.133 e. The number of rotatable bonds is 4. The van der Waals surface area contributed by atoms with Gasteiger partial charge in [-0.05, 0) is 37.1 Å². The van der Waals surface area contributed by atoms with Crippen LogP contribution in [0.4, 0.5) is 0 Å². The van der Waals surface area contributed by atoms with Crippen LogP contribution in [0.25, 0.3) is 0 Å². The summed E-state index contributed by atoms with van der Waals surface area (Å²) in [4.78, 5) is 15.9. The molecule has 0 aliphatic heterocycles. The Hall–Kier alpha value is -2.24. The molecule has 4 aromatic rings. The molecule has 1 aliphatic carbocycles. The highest BCUT2D eigenvalue weighted by Gasteiger charge is 2.73. The second-order valence-corrected chi connectivity index (χ2v) is 10.5. The van der Waals surface area contributed by atoms with Crippen molar-refractivity contribution in [2.75, 3.05) is 0 Å². The molecule has 0 atom stereocenters. The molecule has 5 rings (SSSR count). The number of alkyl halides is 2. The topological polar surface area (TPSA) is 51.6 Å². The fraction of sp³-hybridized carbons (Fsp3) is 0.231. The van der Waals surface area contributed by atoms with Crippen molar-refractivity contribution in [3.8, 4) is 0 Å². The third kappa shape index (κ3) is 3.68. The second-order valence-electron chi connectivity index (χ2n) is 8.47. The van der Waals surface area contributed by atoms with Crippen molar-refractivity contribution < 1.29 is 0 Å². The molecule has 0 bridgehead atoms. The zero-order valence-corrected chi connectivity index (χ0v) is 21.4. The fourth-order valence-corrected chi connectivity index (χ4v) is 7.11. The minimum Gasteiger partial charge on any atom is -0.236 e. The number of hydrogen-bond donors (Lipinski definition) is 0. The predicted octanol–water partition coefficient (Wildman–Crippen LogP) is 7.34. The van der Waals surface area contributed by atoms with Crippen LogP contribution in [-0.4, -0.2) is 19.9 Å². The Bertz CT molecular complexity index is 1190. The Kier molecular flexibility index (Phi) is 6.06. The van der Waals surface area contributed by atoms with E-state index in [1.54, 1.807) is 26.0 Å². The van der Waals surface area contributed by atoms with Crippen LogP contribution in [0.15, 0.2) is 72.8 Å². The lowest BCUT2D eigenvalue weighted by molar-refractivity contribution is 0.139. The van der Waals surface area contributed by atoms with E-state index in [4.69, 9.17) is 56.4 Å². The minimum absolute atomic E-state index is 0.328. The van der Waals surface area contributed by atoms with Gasteiger partial charge in [-0.2, -0.15) is 0 Å². The van der Waals surface area contributed by atoms with E-state index >= 15 is 0 Å². The molecule has 172 valence electrons. The lowest BCUT2D eigenvalue weighted by atomic mass is 9.49. The Balaban J connectivity index is 1.83. The molecule has 1 fully saturated rings.